The maximum Gasteiger partial charge on any atom is 0.303 e. The minimum absolute atomic E-state index is 0.0453. The molecule has 0 aliphatic heterocycles. The fourth-order valence-electron chi connectivity index (χ4n) is 7.47. The zero-order chi connectivity index (χ0) is 23.1. The second-order valence-electron chi connectivity index (χ2n) is 10.1. The molecule has 0 aromatic rings. The summed E-state index contributed by atoms with van der Waals surface area (Å²) in [6.45, 7) is 6.17. The number of carbonyl (C=O) groups excluding carboxylic acids is 3. The fraction of sp³-hybridized carbons (Fsp3) is 0.696. The van der Waals surface area contributed by atoms with Crippen LogP contribution < -0.4 is 0 Å². The maximum absolute atomic E-state index is 17.1. The molecule has 0 aromatic heterocycles. The lowest BCUT2D eigenvalue weighted by Crippen LogP contribution is -2.70. The first-order valence-corrected chi connectivity index (χ1v) is 11.1. The molecule has 0 heterocycles. The Bertz CT molecular complexity index is 933. The number of hydrogen-bond acceptors (Lipinski definition) is 5. The molecule has 4 aliphatic carbocycles. The van der Waals surface area contributed by atoms with Gasteiger partial charge in [-0.05, 0) is 49.8 Å². The van der Waals surface area contributed by atoms with Crippen molar-refractivity contribution >= 4 is 29.5 Å². The van der Waals surface area contributed by atoms with Gasteiger partial charge in [0.15, 0.2) is 17.1 Å². The summed E-state index contributed by atoms with van der Waals surface area (Å²) in [5, 5.41) is 10.6. The molecule has 8 heteroatoms. The van der Waals surface area contributed by atoms with Crippen LogP contribution in [0.15, 0.2) is 23.8 Å². The third-order valence-electron chi connectivity index (χ3n) is 8.79. The largest absolute Gasteiger partial charge is 0.449 e. The Balaban J connectivity index is 1.89. The third-order valence-corrected chi connectivity index (χ3v) is 9.12. The van der Waals surface area contributed by atoms with Crippen molar-refractivity contribution in [1.82, 2.24) is 0 Å². The number of aliphatic hydroxyl groups excluding tert-OH is 1. The van der Waals surface area contributed by atoms with E-state index in [0.29, 0.717) is 6.42 Å². The third kappa shape index (κ3) is 2.55. The van der Waals surface area contributed by atoms with E-state index in [9.17, 15) is 19.5 Å². The molecule has 9 atom stereocenters. The molecule has 170 valence electrons. The van der Waals surface area contributed by atoms with Gasteiger partial charge in [0.05, 0.1) is 6.10 Å². The van der Waals surface area contributed by atoms with Gasteiger partial charge in [-0.25, -0.2) is 8.78 Å². The van der Waals surface area contributed by atoms with Gasteiger partial charge in [0.1, 0.15) is 6.17 Å². The summed E-state index contributed by atoms with van der Waals surface area (Å²) in [5.41, 5.74) is -6.46. The first-order valence-electron chi connectivity index (χ1n) is 10.6. The number of ether oxygens (including phenoxy) is 1. The summed E-state index contributed by atoms with van der Waals surface area (Å²) >= 11 is 4.05. The standard InChI is InChI=1S/C23H28F2O5S/c1-11-7-14-15-9-17(24)16-8-13(27)5-6-20(16,3)22(15,25)18(28)10-21(14,4)23(11,19(29)31)30-12(2)26/h5-6,8,11,14-15,17-18,28H,7,9-10H2,1-4H3,(H,29,31)/t11-,14+,15?,17+,18+,20+,21+,22+,23+/m1/s1. The number of alkyl halides is 2. The number of carbonyl (C=O) groups is 3. The van der Waals surface area contributed by atoms with Crippen LogP contribution in [0.2, 0.25) is 0 Å². The van der Waals surface area contributed by atoms with E-state index < -0.39 is 69.0 Å². The van der Waals surface area contributed by atoms with Crippen molar-refractivity contribution in [2.24, 2.45) is 28.6 Å². The molecule has 5 nitrogen and oxygen atoms in total. The van der Waals surface area contributed by atoms with E-state index in [4.69, 9.17) is 4.74 Å². The van der Waals surface area contributed by atoms with Crippen LogP contribution >= 0.6 is 12.6 Å². The molecule has 1 unspecified atom stereocenters. The molecule has 0 bridgehead atoms. The Labute approximate surface area is 185 Å². The van der Waals surface area contributed by atoms with Gasteiger partial charge in [-0.2, -0.15) is 0 Å². The minimum atomic E-state index is -2.24. The number of hydrogen-bond donors (Lipinski definition) is 2. The molecule has 1 N–H and O–H groups in total. The molecular formula is C23H28F2O5S. The summed E-state index contributed by atoms with van der Waals surface area (Å²) in [7, 11) is 0. The van der Waals surface area contributed by atoms with Crippen molar-refractivity contribution < 1.29 is 33.0 Å². The van der Waals surface area contributed by atoms with Crippen LogP contribution in [-0.2, 0) is 19.1 Å². The second-order valence-corrected chi connectivity index (χ2v) is 10.5. The van der Waals surface area contributed by atoms with Crippen molar-refractivity contribution in [1.29, 1.82) is 0 Å². The van der Waals surface area contributed by atoms with Gasteiger partial charge < -0.3 is 9.84 Å². The van der Waals surface area contributed by atoms with E-state index in [2.05, 4.69) is 12.6 Å². The van der Waals surface area contributed by atoms with Gasteiger partial charge in [-0.15, -0.1) is 12.6 Å². The molecule has 0 aromatic carbocycles. The van der Waals surface area contributed by atoms with Crippen LogP contribution in [-0.4, -0.2) is 45.5 Å². The van der Waals surface area contributed by atoms with Crippen molar-refractivity contribution in [3.63, 3.8) is 0 Å². The van der Waals surface area contributed by atoms with Crippen molar-refractivity contribution in [3.8, 4) is 0 Å². The number of allylic oxidation sites excluding steroid dienone is 4. The van der Waals surface area contributed by atoms with E-state index in [0.717, 1.165) is 6.08 Å². The number of aliphatic hydroxyl groups is 1. The highest BCUT2D eigenvalue weighted by atomic mass is 32.1. The Morgan fingerprint density at radius 1 is 1.26 bits per heavy atom. The van der Waals surface area contributed by atoms with E-state index in [1.807, 2.05) is 0 Å². The Morgan fingerprint density at radius 2 is 1.90 bits per heavy atom. The van der Waals surface area contributed by atoms with Gasteiger partial charge in [0.25, 0.3) is 0 Å². The minimum Gasteiger partial charge on any atom is -0.449 e. The molecule has 3 fully saturated rings. The number of thiol groups is 1. The molecule has 4 rings (SSSR count). The van der Waals surface area contributed by atoms with Gasteiger partial charge in [-0.1, -0.05) is 19.9 Å². The SMILES string of the molecule is CC(=O)O[C@]1(C(=O)S)[C@H](C)C[C@H]2C3C[C@H](F)C4=CC(=O)C=C[C@]4(C)[C@@]3(F)[C@@H](O)C[C@@]21C. The van der Waals surface area contributed by atoms with Crippen LogP contribution in [0.4, 0.5) is 8.78 Å². The first-order chi connectivity index (χ1) is 14.3. The topological polar surface area (TPSA) is 80.7 Å². The molecule has 0 amide bonds. The van der Waals surface area contributed by atoms with Gasteiger partial charge in [0, 0.05) is 29.6 Å². The molecule has 4 aliphatic rings. The van der Waals surface area contributed by atoms with E-state index >= 15 is 8.78 Å². The lowest BCUT2D eigenvalue weighted by molar-refractivity contribution is -0.228. The molecule has 0 saturated heterocycles. The predicted molar refractivity (Wildman–Crippen MR) is 112 cm³/mol. The van der Waals surface area contributed by atoms with Crippen molar-refractivity contribution in [2.75, 3.05) is 0 Å². The predicted octanol–water partition coefficient (Wildman–Crippen LogP) is 3.31. The molecule has 0 spiro atoms. The van der Waals surface area contributed by atoms with Crippen molar-refractivity contribution in [2.45, 2.75) is 70.5 Å². The summed E-state index contributed by atoms with van der Waals surface area (Å²) < 4.78 is 38.0. The molecule has 3 saturated carbocycles. The number of halogens is 2. The maximum atomic E-state index is 17.1. The van der Waals surface area contributed by atoms with Crippen molar-refractivity contribution in [3.05, 3.63) is 23.8 Å². The molecular weight excluding hydrogens is 426 g/mol. The first kappa shape index (κ1) is 22.6. The average Bonchev–Trinajstić information content (AvgIpc) is 2.87. The fourth-order valence-corrected chi connectivity index (χ4v) is 7.99. The molecule has 31 heavy (non-hydrogen) atoms. The summed E-state index contributed by atoms with van der Waals surface area (Å²) in [5.74, 6) is -3.04. The Kier molecular flexibility index (Phi) is 4.92. The summed E-state index contributed by atoms with van der Waals surface area (Å²) in [6, 6.07) is 0. The quantitative estimate of drug-likeness (QED) is 0.494. The summed E-state index contributed by atoms with van der Waals surface area (Å²) in [6.07, 6.45) is 0.549. The zero-order valence-corrected chi connectivity index (χ0v) is 18.9. The number of esters is 1. The second kappa shape index (κ2) is 6.73. The lowest BCUT2D eigenvalue weighted by atomic mass is 9.44. The van der Waals surface area contributed by atoms with Crippen LogP contribution in [0.25, 0.3) is 0 Å². The Morgan fingerprint density at radius 3 is 2.48 bits per heavy atom. The smallest absolute Gasteiger partial charge is 0.303 e. The monoisotopic (exact) mass is 454 g/mol. The van der Waals surface area contributed by atoms with Crippen LogP contribution in [0.1, 0.15) is 47.0 Å². The molecule has 0 radical (unpaired) electrons. The number of fused-ring (bicyclic) bond motifs is 5. The van der Waals surface area contributed by atoms with E-state index in [1.54, 1.807) is 13.8 Å². The zero-order valence-electron chi connectivity index (χ0n) is 18.0. The van der Waals surface area contributed by atoms with E-state index in [-0.39, 0.29) is 18.4 Å². The number of rotatable bonds is 2. The lowest BCUT2D eigenvalue weighted by Gasteiger charge is -2.63. The van der Waals surface area contributed by atoms with Gasteiger partial charge >= 0.3 is 5.97 Å². The average molecular weight is 455 g/mol. The number of ketones is 1. The van der Waals surface area contributed by atoms with E-state index in [1.165, 1.54) is 26.0 Å². The van der Waals surface area contributed by atoms with Crippen LogP contribution in [0.3, 0.4) is 0 Å². The highest BCUT2D eigenvalue weighted by molar-refractivity contribution is 7.96. The van der Waals surface area contributed by atoms with Crippen LogP contribution in [0.5, 0.6) is 0 Å². The normalized spacial score (nSPS) is 50.8. The highest BCUT2D eigenvalue weighted by Crippen LogP contribution is 2.71. The van der Waals surface area contributed by atoms with Gasteiger partial charge in [-0.3, -0.25) is 14.4 Å². The Hall–Kier alpha value is -1.54. The van der Waals surface area contributed by atoms with Crippen LogP contribution in [0, 0.1) is 28.6 Å². The highest BCUT2D eigenvalue weighted by Gasteiger charge is 2.77. The summed E-state index contributed by atoms with van der Waals surface area (Å²) in [4.78, 5) is 36.6. The van der Waals surface area contributed by atoms with Gasteiger partial charge in [0.2, 0.25) is 5.12 Å².